The number of ether oxygens (including phenoxy) is 1. The minimum Gasteiger partial charge on any atom is -0.380 e. The lowest BCUT2D eigenvalue weighted by Gasteiger charge is -2.18. The Bertz CT molecular complexity index is 320. The molecule has 1 N–H and O–H groups in total. The summed E-state index contributed by atoms with van der Waals surface area (Å²) in [7, 11) is 2.02. The van der Waals surface area contributed by atoms with E-state index < -0.39 is 0 Å². The van der Waals surface area contributed by atoms with Crippen LogP contribution < -0.4 is 5.32 Å². The molecule has 0 radical (unpaired) electrons. The normalized spacial score (nSPS) is 13.2. The number of aromatic nitrogens is 1. The van der Waals surface area contributed by atoms with E-state index in [1.54, 1.807) is 0 Å². The molecule has 1 rings (SSSR count). The van der Waals surface area contributed by atoms with Gasteiger partial charge in [0.2, 0.25) is 0 Å². The summed E-state index contributed by atoms with van der Waals surface area (Å²) in [5, 5.41) is 3.37. The van der Waals surface area contributed by atoms with Crippen LogP contribution in [-0.2, 0) is 11.3 Å². The molecule has 0 saturated carbocycles. The predicted molar refractivity (Wildman–Crippen MR) is 76.8 cm³/mol. The van der Waals surface area contributed by atoms with Crippen molar-refractivity contribution in [3.05, 3.63) is 24.0 Å². The van der Waals surface area contributed by atoms with Crippen LogP contribution in [0.4, 0.5) is 0 Å². The summed E-state index contributed by atoms with van der Waals surface area (Å²) >= 11 is 0. The number of hydrogen-bond acceptors (Lipinski definition) is 2. The number of unbranched alkanes of at least 4 members (excludes halogenated alkanes) is 1. The quantitative estimate of drug-likeness (QED) is 0.683. The molecule has 0 aromatic carbocycles. The summed E-state index contributed by atoms with van der Waals surface area (Å²) in [4.78, 5) is 0. The van der Waals surface area contributed by atoms with Crippen LogP contribution in [0.1, 0.15) is 45.2 Å². The maximum atomic E-state index is 5.59. The Kier molecular flexibility index (Phi) is 7.06. The first-order valence-electron chi connectivity index (χ1n) is 7.09. The van der Waals surface area contributed by atoms with Crippen molar-refractivity contribution < 1.29 is 4.74 Å². The number of nitrogens with one attached hydrogen (secondary N) is 1. The fraction of sp³-hybridized carbons (Fsp3) is 0.733. The molecule has 0 amide bonds. The van der Waals surface area contributed by atoms with E-state index in [-0.39, 0.29) is 0 Å². The van der Waals surface area contributed by atoms with Gasteiger partial charge in [-0.2, -0.15) is 0 Å². The van der Waals surface area contributed by atoms with Gasteiger partial charge in [-0.25, -0.2) is 0 Å². The zero-order valence-corrected chi connectivity index (χ0v) is 12.3. The van der Waals surface area contributed by atoms with E-state index in [1.807, 2.05) is 7.05 Å². The molecule has 1 heterocycles. The second-order valence-electron chi connectivity index (χ2n) is 5.16. The van der Waals surface area contributed by atoms with Crippen LogP contribution in [-0.4, -0.2) is 24.8 Å². The highest BCUT2D eigenvalue weighted by atomic mass is 16.5. The van der Waals surface area contributed by atoms with Gasteiger partial charge in [0.05, 0.1) is 6.61 Å². The molecule has 104 valence electrons. The minimum atomic E-state index is 0.437. The summed E-state index contributed by atoms with van der Waals surface area (Å²) in [6, 6.07) is 2.64. The maximum absolute atomic E-state index is 5.59. The predicted octanol–water partition coefficient (Wildman–Crippen LogP) is 3.22. The monoisotopic (exact) mass is 252 g/mol. The van der Waals surface area contributed by atoms with Gasteiger partial charge in [0.15, 0.2) is 0 Å². The van der Waals surface area contributed by atoms with E-state index in [1.165, 1.54) is 12.0 Å². The molecular weight excluding hydrogens is 224 g/mol. The van der Waals surface area contributed by atoms with Gasteiger partial charge >= 0.3 is 0 Å². The van der Waals surface area contributed by atoms with Crippen molar-refractivity contribution in [2.24, 2.45) is 5.92 Å². The maximum Gasteiger partial charge on any atom is 0.0645 e. The van der Waals surface area contributed by atoms with Gasteiger partial charge in [-0.15, -0.1) is 0 Å². The molecule has 3 nitrogen and oxygen atoms in total. The Balaban J connectivity index is 2.38. The van der Waals surface area contributed by atoms with Crippen molar-refractivity contribution in [3.8, 4) is 0 Å². The second-order valence-corrected chi connectivity index (χ2v) is 5.16. The Morgan fingerprint density at radius 2 is 2.11 bits per heavy atom. The fourth-order valence-corrected chi connectivity index (χ4v) is 2.19. The lowest BCUT2D eigenvalue weighted by Crippen LogP contribution is -2.21. The summed E-state index contributed by atoms with van der Waals surface area (Å²) in [5.74, 6) is 0.603. The zero-order chi connectivity index (χ0) is 13.4. The molecule has 1 atom stereocenters. The molecular formula is C15H28N2O. The Hall–Kier alpha value is -0.800. The van der Waals surface area contributed by atoms with Gasteiger partial charge in [-0.1, -0.05) is 27.2 Å². The smallest absolute Gasteiger partial charge is 0.0645 e. The minimum absolute atomic E-state index is 0.437. The molecule has 0 fully saturated rings. The highest BCUT2D eigenvalue weighted by molar-refractivity contribution is 5.16. The lowest BCUT2D eigenvalue weighted by atomic mass is 9.99. The molecule has 0 bridgehead atoms. The van der Waals surface area contributed by atoms with E-state index in [2.05, 4.69) is 49.1 Å². The van der Waals surface area contributed by atoms with Crippen molar-refractivity contribution in [1.29, 1.82) is 0 Å². The average Bonchev–Trinajstić information content (AvgIpc) is 2.78. The number of nitrogens with zero attached hydrogens (tertiary/aromatic N) is 1. The third-order valence-electron chi connectivity index (χ3n) is 3.25. The van der Waals surface area contributed by atoms with Crippen molar-refractivity contribution in [2.45, 2.75) is 46.2 Å². The first-order valence-corrected chi connectivity index (χ1v) is 7.09. The molecule has 1 unspecified atom stereocenters. The molecule has 0 aliphatic rings. The number of hydrogen-bond donors (Lipinski definition) is 1. The molecule has 1 aromatic rings. The summed E-state index contributed by atoms with van der Waals surface area (Å²) in [6.45, 7) is 9.30. The second kappa shape index (κ2) is 8.33. The van der Waals surface area contributed by atoms with Crippen molar-refractivity contribution in [2.75, 3.05) is 20.3 Å². The lowest BCUT2D eigenvalue weighted by molar-refractivity contribution is 0.123. The van der Waals surface area contributed by atoms with E-state index in [4.69, 9.17) is 4.74 Å². The Morgan fingerprint density at radius 3 is 2.72 bits per heavy atom. The average molecular weight is 252 g/mol. The first kappa shape index (κ1) is 15.3. The van der Waals surface area contributed by atoms with E-state index >= 15 is 0 Å². The summed E-state index contributed by atoms with van der Waals surface area (Å²) in [6.07, 6.45) is 6.73. The molecule has 1 aromatic heterocycles. The highest BCUT2D eigenvalue weighted by Gasteiger charge is 2.14. The highest BCUT2D eigenvalue weighted by Crippen LogP contribution is 2.21. The van der Waals surface area contributed by atoms with Gasteiger partial charge in [-0.05, 0) is 31.0 Å². The van der Waals surface area contributed by atoms with E-state index in [0.717, 1.165) is 26.2 Å². The molecule has 0 aliphatic carbocycles. The molecule has 3 heteroatoms. The Labute approximate surface area is 112 Å². The van der Waals surface area contributed by atoms with Crippen molar-refractivity contribution in [3.63, 3.8) is 0 Å². The number of rotatable bonds is 9. The Morgan fingerprint density at radius 1 is 1.33 bits per heavy atom. The van der Waals surface area contributed by atoms with Gasteiger partial charge < -0.3 is 14.6 Å². The van der Waals surface area contributed by atoms with E-state index in [9.17, 15) is 0 Å². The van der Waals surface area contributed by atoms with Crippen LogP contribution >= 0.6 is 0 Å². The van der Waals surface area contributed by atoms with Gasteiger partial charge in [0, 0.05) is 31.6 Å². The van der Waals surface area contributed by atoms with Crippen LogP contribution in [0.25, 0.3) is 0 Å². The van der Waals surface area contributed by atoms with Crippen molar-refractivity contribution >= 4 is 0 Å². The zero-order valence-electron chi connectivity index (χ0n) is 12.3. The van der Waals surface area contributed by atoms with E-state index in [0.29, 0.717) is 12.0 Å². The van der Waals surface area contributed by atoms with Gasteiger partial charge in [0.1, 0.15) is 0 Å². The topological polar surface area (TPSA) is 26.2 Å². The first-order chi connectivity index (χ1) is 8.69. The van der Waals surface area contributed by atoms with Crippen LogP contribution in [0.15, 0.2) is 18.5 Å². The molecule has 18 heavy (non-hydrogen) atoms. The van der Waals surface area contributed by atoms with Crippen LogP contribution in [0.5, 0.6) is 0 Å². The molecule has 0 spiro atoms. The van der Waals surface area contributed by atoms with Crippen molar-refractivity contribution in [1.82, 2.24) is 9.88 Å². The standard InChI is InChI=1S/C15H28N2O/c1-5-6-10-18-11-9-17-8-7-14(12-17)15(16-4)13(2)3/h7-8,12-13,15-16H,5-6,9-11H2,1-4H3. The molecule has 0 saturated heterocycles. The third kappa shape index (κ3) is 4.83. The van der Waals surface area contributed by atoms with Crippen LogP contribution in [0.3, 0.4) is 0 Å². The fourth-order valence-electron chi connectivity index (χ4n) is 2.19. The SMILES string of the molecule is CCCCOCCn1ccc(C(NC)C(C)C)c1. The van der Waals surface area contributed by atoms with Gasteiger partial charge in [0.25, 0.3) is 0 Å². The largest absolute Gasteiger partial charge is 0.380 e. The third-order valence-corrected chi connectivity index (χ3v) is 3.25. The van der Waals surface area contributed by atoms with Crippen LogP contribution in [0.2, 0.25) is 0 Å². The summed E-state index contributed by atoms with van der Waals surface area (Å²) < 4.78 is 7.80. The van der Waals surface area contributed by atoms with Gasteiger partial charge in [-0.3, -0.25) is 0 Å². The summed E-state index contributed by atoms with van der Waals surface area (Å²) in [5.41, 5.74) is 1.36. The molecule has 0 aliphatic heterocycles. The van der Waals surface area contributed by atoms with Crippen LogP contribution in [0, 0.1) is 5.92 Å².